The smallest absolute Gasteiger partial charge is 0.331 e. The summed E-state index contributed by atoms with van der Waals surface area (Å²) in [7, 11) is 4.65. The fraction of sp³-hybridized carbons (Fsp3) is 0.333. The van der Waals surface area contributed by atoms with Crippen LogP contribution in [0.5, 0.6) is 17.2 Å². The molecule has 0 spiro atoms. The second kappa shape index (κ2) is 9.12. The SMILES string of the molecule is COc1cc(Nc2ncccc2/C=C/C(=O)OC(C)(C)C)cc(OC)c1OC. The molecule has 1 aromatic carbocycles. The van der Waals surface area contributed by atoms with E-state index in [-0.39, 0.29) is 0 Å². The Hall–Kier alpha value is -3.22. The normalized spacial score (nSPS) is 11.2. The summed E-state index contributed by atoms with van der Waals surface area (Å²) in [4.78, 5) is 16.3. The van der Waals surface area contributed by atoms with Crippen molar-refractivity contribution in [3.8, 4) is 17.2 Å². The maximum Gasteiger partial charge on any atom is 0.331 e. The molecule has 7 nitrogen and oxygen atoms in total. The number of aromatic nitrogens is 1. The number of methoxy groups -OCH3 is 3. The summed E-state index contributed by atoms with van der Waals surface area (Å²) < 4.78 is 21.4. The molecule has 0 atom stereocenters. The van der Waals surface area contributed by atoms with E-state index >= 15 is 0 Å². The molecule has 0 fully saturated rings. The van der Waals surface area contributed by atoms with Gasteiger partial charge in [-0.25, -0.2) is 9.78 Å². The summed E-state index contributed by atoms with van der Waals surface area (Å²) >= 11 is 0. The molecule has 0 saturated carbocycles. The van der Waals surface area contributed by atoms with Gasteiger partial charge in [-0.3, -0.25) is 0 Å². The lowest BCUT2D eigenvalue weighted by atomic mass is 10.2. The highest BCUT2D eigenvalue weighted by molar-refractivity contribution is 5.88. The van der Waals surface area contributed by atoms with E-state index in [2.05, 4.69) is 10.3 Å². The molecular formula is C21H26N2O5. The molecule has 2 rings (SSSR count). The zero-order chi connectivity index (χ0) is 20.7. The molecule has 1 heterocycles. The summed E-state index contributed by atoms with van der Waals surface area (Å²) in [6.45, 7) is 5.46. The lowest BCUT2D eigenvalue weighted by molar-refractivity contribution is -0.148. The van der Waals surface area contributed by atoms with E-state index in [1.807, 2.05) is 26.8 Å². The number of carbonyl (C=O) groups excluding carboxylic acids is 1. The lowest BCUT2D eigenvalue weighted by Gasteiger charge is -2.18. The first kappa shape index (κ1) is 21.1. The third kappa shape index (κ3) is 5.64. The van der Waals surface area contributed by atoms with Crippen molar-refractivity contribution in [2.75, 3.05) is 26.6 Å². The van der Waals surface area contributed by atoms with E-state index in [1.165, 1.54) is 6.08 Å². The molecule has 0 unspecified atom stereocenters. The van der Waals surface area contributed by atoms with E-state index in [9.17, 15) is 4.79 Å². The number of nitrogens with zero attached hydrogens (tertiary/aromatic N) is 1. The average Bonchev–Trinajstić information content (AvgIpc) is 2.65. The number of carbonyl (C=O) groups is 1. The van der Waals surface area contributed by atoms with E-state index in [0.717, 1.165) is 5.56 Å². The highest BCUT2D eigenvalue weighted by Gasteiger charge is 2.15. The van der Waals surface area contributed by atoms with Gasteiger partial charge < -0.3 is 24.3 Å². The number of pyridine rings is 1. The second-order valence-electron chi connectivity index (χ2n) is 6.85. The molecule has 0 saturated heterocycles. The van der Waals surface area contributed by atoms with Crippen LogP contribution < -0.4 is 19.5 Å². The minimum absolute atomic E-state index is 0.421. The fourth-order valence-electron chi connectivity index (χ4n) is 2.44. The van der Waals surface area contributed by atoms with Gasteiger partial charge in [0.05, 0.1) is 21.3 Å². The van der Waals surface area contributed by atoms with Crippen LogP contribution in [0.4, 0.5) is 11.5 Å². The van der Waals surface area contributed by atoms with E-state index < -0.39 is 11.6 Å². The summed E-state index contributed by atoms with van der Waals surface area (Å²) in [5.74, 6) is 1.69. The molecule has 1 aromatic heterocycles. The van der Waals surface area contributed by atoms with Gasteiger partial charge in [0.15, 0.2) is 11.5 Å². The summed E-state index contributed by atoms with van der Waals surface area (Å²) in [5.41, 5.74) is 0.871. The Bertz CT molecular complexity index is 831. The average molecular weight is 386 g/mol. The van der Waals surface area contributed by atoms with E-state index in [4.69, 9.17) is 18.9 Å². The standard InChI is InChI=1S/C21H26N2O5/c1-21(2,3)28-18(24)10-9-14-8-7-11-22-20(14)23-15-12-16(25-4)19(27-6)17(13-15)26-5/h7-13H,1-6H3,(H,22,23)/b10-9+. The number of nitrogens with one attached hydrogen (secondary N) is 1. The predicted octanol–water partition coefficient (Wildman–Crippen LogP) is 4.21. The molecule has 28 heavy (non-hydrogen) atoms. The molecule has 2 aromatic rings. The number of rotatable bonds is 7. The highest BCUT2D eigenvalue weighted by atomic mass is 16.6. The summed E-state index contributed by atoms with van der Waals surface area (Å²) in [5, 5.41) is 3.22. The molecule has 0 aliphatic rings. The lowest BCUT2D eigenvalue weighted by Crippen LogP contribution is -2.22. The van der Waals surface area contributed by atoms with Crippen LogP contribution in [0.2, 0.25) is 0 Å². The fourth-order valence-corrected chi connectivity index (χ4v) is 2.44. The van der Waals surface area contributed by atoms with Crippen molar-refractivity contribution in [1.29, 1.82) is 0 Å². The van der Waals surface area contributed by atoms with Crippen LogP contribution in [-0.4, -0.2) is 37.9 Å². The van der Waals surface area contributed by atoms with Crippen LogP contribution in [0.15, 0.2) is 36.5 Å². The van der Waals surface area contributed by atoms with Crippen LogP contribution >= 0.6 is 0 Å². The summed E-state index contributed by atoms with van der Waals surface area (Å²) in [6.07, 6.45) is 4.69. The van der Waals surface area contributed by atoms with Crippen molar-refractivity contribution >= 4 is 23.6 Å². The zero-order valence-electron chi connectivity index (χ0n) is 17.0. The van der Waals surface area contributed by atoms with Crippen molar-refractivity contribution in [3.05, 3.63) is 42.1 Å². The Morgan fingerprint density at radius 3 is 2.25 bits per heavy atom. The van der Waals surface area contributed by atoms with Gasteiger partial charge in [0.2, 0.25) is 5.75 Å². The summed E-state index contributed by atoms with van der Waals surface area (Å²) in [6, 6.07) is 7.18. The van der Waals surface area contributed by atoms with Crippen LogP contribution in [0.25, 0.3) is 6.08 Å². The van der Waals surface area contributed by atoms with E-state index in [1.54, 1.807) is 51.8 Å². The molecule has 0 aliphatic carbocycles. The van der Waals surface area contributed by atoms with Gasteiger partial charge in [0.25, 0.3) is 0 Å². The largest absolute Gasteiger partial charge is 0.493 e. The van der Waals surface area contributed by atoms with Crippen molar-refractivity contribution in [1.82, 2.24) is 4.98 Å². The minimum atomic E-state index is -0.548. The number of esters is 1. The number of hydrogen-bond donors (Lipinski definition) is 1. The second-order valence-corrected chi connectivity index (χ2v) is 6.85. The van der Waals surface area contributed by atoms with Crippen molar-refractivity contribution < 1.29 is 23.7 Å². The van der Waals surface area contributed by atoms with Gasteiger partial charge in [0, 0.05) is 35.7 Å². The molecule has 7 heteroatoms. The number of benzene rings is 1. The Labute approximate surface area is 165 Å². The Morgan fingerprint density at radius 2 is 1.71 bits per heavy atom. The first-order valence-corrected chi connectivity index (χ1v) is 8.70. The molecule has 150 valence electrons. The van der Waals surface area contributed by atoms with Crippen molar-refractivity contribution in [3.63, 3.8) is 0 Å². The van der Waals surface area contributed by atoms with Gasteiger partial charge in [-0.15, -0.1) is 0 Å². The van der Waals surface area contributed by atoms with Crippen LogP contribution in [0.1, 0.15) is 26.3 Å². The third-order valence-corrected chi connectivity index (χ3v) is 3.57. The van der Waals surface area contributed by atoms with Crippen LogP contribution in [0, 0.1) is 0 Å². The maximum absolute atomic E-state index is 11.9. The van der Waals surface area contributed by atoms with Crippen molar-refractivity contribution in [2.45, 2.75) is 26.4 Å². The van der Waals surface area contributed by atoms with Crippen LogP contribution in [0.3, 0.4) is 0 Å². The molecule has 0 amide bonds. The monoisotopic (exact) mass is 386 g/mol. The van der Waals surface area contributed by atoms with Gasteiger partial charge in [-0.05, 0) is 39.0 Å². The molecule has 0 bridgehead atoms. The van der Waals surface area contributed by atoms with Gasteiger partial charge in [-0.2, -0.15) is 0 Å². The molecular weight excluding hydrogens is 360 g/mol. The first-order chi connectivity index (χ1) is 13.3. The number of ether oxygens (including phenoxy) is 4. The maximum atomic E-state index is 11.9. The van der Waals surface area contributed by atoms with Crippen LogP contribution in [-0.2, 0) is 9.53 Å². The Balaban J connectivity index is 2.30. The predicted molar refractivity (Wildman–Crippen MR) is 108 cm³/mol. The van der Waals surface area contributed by atoms with Gasteiger partial charge in [-0.1, -0.05) is 0 Å². The van der Waals surface area contributed by atoms with Gasteiger partial charge >= 0.3 is 5.97 Å². The third-order valence-electron chi connectivity index (χ3n) is 3.57. The Kier molecular flexibility index (Phi) is 6.87. The van der Waals surface area contributed by atoms with E-state index in [0.29, 0.717) is 28.8 Å². The minimum Gasteiger partial charge on any atom is -0.493 e. The highest BCUT2D eigenvalue weighted by Crippen LogP contribution is 2.40. The quantitative estimate of drug-likeness (QED) is 0.564. The molecule has 1 N–H and O–H groups in total. The van der Waals surface area contributed by atoms with Crippen molar-refractivity contribution in [2.24, 2.45) is 0 Å². The Morgan fingerprint density at radius 1 is 1.07 bits per heavy atom. The zero-order valence-corrected chi connectivity index (χ0v) is 17.0. The molecule has 0 aliphatic heterocycles. The molecule has 0 radical (unpaired) electrons. The number of hydrogen-bond acceptors (Lipinski definition) is 7. The first-order valence-electron chi connectivity index (χ1n) is 8.70. The van der Waals surface area contributed by atoms with Gasteiger partial charge in [0.1, 0.15) is 11.4 Å². The number of anilines is 2. The topological polar surface area (TPSA) is 78.9 Å².